The predicted molar refractivity (Wildman–Crippen MR) is 68.3 cm³/mol. The van der Waals surface area contributed by atoms with E-state index in [9.17, 15) is 14.9 Å². The SMILES string of the molecule is CCC1(Nc2ncc(C(=O)O)cc2[N+](=O)[O-])CCC1. The number of aromatic nitrogens is 1. The van der Waals surface area contributed by atoms with Gasteiger partial charge in [0.05, 0.1) is 10.5 Å². The Labute approximate surface area is 109 Å². The molecule has 1 aliphatic carbocycles. The number of carboxylic acids is 1. The van der Waals surface area contributed by atoms with Crippen molar-refractivity contribution in [1.29, 1.82) is 0 Å². The van der Waals surface area contributed by atoms with Crippen LogP contribution < -0.4 is 5.32 Å². The van der Waals surface area contributed by atoms with Crippen LogP contribution in [0.15, 0.2) is 12.3 Å². The first kappa shape index (κ1) is 13.3. The van der Waals surface area contributed by atoms with Gasteiger partial charge in [0.25, 0.3) is 0 Å². The third-order valence-electron chi connectivity index (χ3n) is 3.68. The van der Waals surface area contributed by atoms with Crippen molar-refractivity contribution in [2.45, 2.75) is 38.1 Å². The van der Waals surface area contributed by atoms with Gasteiger partial charge in [-0.15, -0.1) is 0 Å². The molecule has 0 aliphatic heterocycles. The molecule has 0 spiro atoms. The summed E-state index contributed by atoms with van der Waals surface area (Å²) in [6, 6.07) is 1.04. The zero-order valence-corrected chi connectivity index (χ0v) is 10.5. The summed E-state index contributed by atoms with van der Waals surface area (Å²) in [6.45, 7) is 2.02. The summed E-state index contributed by atoms with van der Waals surface area (Å²) >= 11 is 0. The van der Waals surface area contributed by atoms with Crippen molar-refractivity contribution in [1.82, 2.24) is 4.98 Å². The van der Waals surface area contributed by atoms with Crippen molar-refractivity contribution in [2.75, 3.05) is 5.32 Å². The fourth-order valence-electron chi connectivity index (χ4n) is 2.23. The molecule has 0 bridgehead atoms. The van der Waals surface area contributed by atoms with Crippen LogP contribution in [0.5, 0.6) is 0 Å². The molecular weight excluding hydrogens is 250 g/mol. The number of rotatable bonds is 5. The van der Waals surface area contributed by atoms with Crippen LogP contribution in [0.3, 0.4) is 0 Å². The Hall–Kier alpha value is -2.18. The fraction of sp³-hybridized carbons (Fsp3) is 0.500. The first-order valence-corrected chi connectivity index (χ1v) is 6.13. The molecule has 1 aromatic rings. The van der Waals surface area contributed by atoms with Gasteiger partial charge in [-0.3, -0.25) is 10.1 Å². The van der Waals surface area contributed by atoms with Gasteiger partial charge in [0.15, 0.2) is 0 Å². The normalized spacial score (nSPS) is 16.5. The average Bonchev–Trinajstić information content (AvgIpc) is 2.33. The molecular formula is C12H15N3O4. The highest BCUT2D eigenvalue weighted by Crippen LogP contribution is 2.39. The number of nitro groups is 1. The van der Waals surface area contributed by atoms with E-state index in [1.54, 1.807) is 0 Å². The van der Waals surface area contributed by atoms with E-state index in [2.05, 4.69) is 10.3 Å². The first-order chi connectivity index (χ1) is 8.97. The zero-order chi connectivity index (χ0) is 14.0. The van der Waals surface area contributed by atoms with E-state index in [-0.39, 0.29) is 22.6 Å². The van der Waals surface area contributed by atoms with E-state index in [0.29, 0.717) is 0 Å². The van der Waals surface area contributed by atoms with Crippen LogP contribution in [0.1, 0.15) is 43.0 Å². The number of nitrogens with one attached hydrogen (secondary N) is 1. The molecule has 2 rings (SSSR count). The van der Waals surface area contributed by atoms with Crippen molar-refractivity contribution >= 4 is 17.5 Å². The maximum absolute atomic E-state index is 11.0. The number of pyridine rings is 1. The highest BCUT2D eigenvalue weighted by Gasteiger charge is 2.37. The number of carbonyl (C=O) groups is 1. The van der Waals surface area contributed by atoms with Gasteiger partial charge in [0.2, 0.25) is 5.82 Å². The lowest BCUT2D eigenvalue weighted by Gasteiger charge is -2.42. The summed E-state index contributed by atoms with van der Waals surface area (Å²) in [5.41, 5.74) is -0.612. The second kappa shape index (κ2) is 4.83. The van der Waals surface area contributed by atoms with Gasteiger partial charge in [0.1, 0.15) is 0 Å². The molecule has 7 nitrogen and oxygen atoms in total. The molecule has 1 saturated carbocycles. The third-order valence-corrected chi connectivity index (χ3v) is 3.68. The van der Waals surface area contributed by atoms with Crippen LogP contribution in [0.2, 0.25) is 0 Å². The van der Waals surface area contributed by atoms with Crippen LogP contribution in [0.4, 0.5) is 11.5 Å². The van der Waals surface area contributed by atoms with Gasteiger partial charge in [-0.1, -0.05) is 6.92 Å². The maximum atomic E-state index is 11.0. The number of nitrogens with zero attached hydrogens (tertiary/aromatic N) is 2. The highest BCUT2D eigenvalue weighted by molar-refractivity contribution is 5.88. The lowest BCUT2D eigenvalue weighted by molar-refractivity contribution is -0.384. The topological polar surface area (TPSA) is 105 Å². The molecule has 7 heteroatoms. The van der Waals surface area contributed by atoms with Crippen LogP contribution in [-0.2, 0) is 0 Å². The van der Waals surface area contributed by atoms with Crippen molar-refractivity contribution in [3.63, 3.8) is 0 Å². The molecule has 0 aromatic carbocycles. The molecule has 0 unspecified atom stereocenters. The largest absolute Gasteiger partial charge is 0.478 e. The molecule has 0 amide bonds. The average molecular weight is 265 g/mol. The summed E-state index contributed by atoms with van der Waals surface area (Å²) in [6.07, 6.45) is 4.97. The van der Waals surface area contributed by atoms with Crippen molar-refractivity contribution in [3.05, 3.63) is 27.9 Å². The summed E-state index contributed by atoms with van der Waals surface area (Å²) in [5.74, 6) is -1.08. The van der Waals surface area contributed by atoms with E-state index in [1.165, 1.54) is 0 Å². The molecule has 19 heavy (non-hydrogen) atoms. The van der Waals surface area contributed by atoms with Crippen molar-refractivity contribution in [2.24, 2.45) is 0 Å². The van der Waals surface area contributed by atoms with Crippen LogP contribution in [-0.4, -0.2) is 26.5 Å². The molecule has 1 fully saturated rings. The van der Waals surface area contributed by atoms with Gasteiger partial charge in [0, 0.05) is 17.8 Å². The second-order valence-corrected chi connectivity index (χ2v) is 4.77. The van der Waals surface area contributed by atoms with E-state index >= 15 is 0 Å². The Kier molecular flexibility index (Phi) is 3.37. The summed E-state index contributed by atoms with van der Waals surface area (Å²) in [7, 11) is 0. The number of aromatic carboxylic acids is 1. The fourth-order valence-corrected chi connectivity index (χ4v) is 2.23. The second-order valence-electron chi connectivity index (χ2n) is 4.77. The number of anilines is 1. The summed E-state index contributed by atoms with van der Waals surface area (Å²) < 4.78 is 0. The minimum Gasteiger partial charge on any atom is -0.478 e. The van der Waals surface area contributed by atoms with Gasteiger partial charge in [-0.25, -0.2) is 9.78 Å². The Bertz CT molecular complexity index is 520. The smallest absolute Gasteiger partial charge is 0.337 e. The van der Waals surface area contributed by atoms with Gasteiger partial charge in [-0.2, -0.15) is 0 Å². The summed E-state index contributed by atoms with van der Waals surface area (Å²) in [4.78, 5) is 25.1. The molecule has 1 heterocycles. The van der Waals surface area contributed by atoms with E-state index in [0.717, 1.165) is 37.9 Å². The van der Waals surface area contributed by atoms with Crippen molar-refractivity contribution in [3.8, 4) is 0 Å². The molecule has 102 valence electrons. The lowest BCUT2D eigenvalue weighted by atomic mass is 9.75. The number of hydrogen-bond acceptors (Lipinski definition) is 5. The summed E-state index contributed by atoms with van der Waals surface area (Å²) in [5, 5.41) is 23.0. The maximum Gasteiger partial charge on any atom is 0.337 e. The predicted octanol–water partition coefficient (Wildman–Crippen LogP) is 2.43. The minimum atomic E-state index is -1.23. The van der Waals surface area contributed by atoms with Crippen molar-refractivity contribution < 1.29 is 14.8 Å². The Morgan fingerprint density at radius 2 is 2.32 bits per heavy atom. The molecule has 1 aromatic heterocycles. The first-order valence-electron chi connectivity index (χ1n) is 6.13. The third kappa shape index (κ3) is 2.49. The van der Waals surface area contributed by atoms with Gasteiger partial charge >= 0.3 is 11.7 Å². The van der Waals surface area contributed by atoms with Gasteiger partial charge < -0.3 is 10.4 Å². The molecule has 0 radical (unpaired) electrons. The van der Waals surface area contributed by atoms with E-state index in [1.807, 2.05) is 6.92 Å². The zero-order valence-electron chi connectivity index (χ0n) is 10.5. The Morgan fingerprint density at radius 3 is 2.74 bits per heavy atom. The Balaban J connectivity index is 2.34. The van der Waals surface area contributed by atoms with Crippen LogP contribution in [0, 0.1) is 10.1 Å². The molecule has 0 atom stereocenters. The molecule has 0 saturated heterocycles. The van der Waals surface area contributed by atoms with Crippen LogP contribution >= 0.6 is 0 Å². The number of hydrogen-bond donors (Lipinski definition) is 2. The standard InChI is InChI=1S/C12H15N3O4/c1-2-12(4-3-5-12)14-10-9(15(18)19)6-8(7-13-10)11(16)17/h6-7H,2-5H2,1H3,(H,13,14)(H,16,17). The van der Waals surface area contributed by atoms with Crippen LogP contribution in [0.25, 0.3) is 0 Å². The molecule has 2 N–H and O–H groups in total. The van der Waals surface area contributed by atoms with E-state index < -0.39 is 10.9 Å². The highest BCUT2D eigenvalue weighted by atomic mass is 16.6. The quantitative estimate of drug-likeness (QED) is 0.625. The Morgan fingerprint density at radius 1 is 1.63 bits per heavy atom. The van der Waals surface area contributed by atoms with Gasteiger partial charge in [-0.05, 0) is 25.7 Å². The lowest BCUT2D eigenvalue weighted by Crippen LogP contribution is -2.44. The molecule has 1 aliphatic rings. The number of carboxylic acid groups (broad SMARTS) is 1. The minimum absolute atomic E-state index is 0.136. The van der Waals surface area contributed by atoms with E-state index in [4.69, 9.17) is 5.11 Å². The monoisotopic (exact) mass is 265 g/mol.